The van der Waals surface area contributed by atoms with Crippen LogP contribution < -0.4 is 5.32 Å². The van der Waals surface area contributed by atoms with Gasteiger partial charge in [-0.25, -0.2) is 4.98 Å². The SMILES string of the molecule is CCC(NCCOC(C)C)c1nccn1C. The van der Waals surface area contributed by atoms with E-state index in [9.17, 15) is 0 Å². The average Bonchev–Trinajstić information content (AvgIpc) is 2.65. The summed E-state index contributed by atoms with van der Waals surface area (Å²) in [6, 6.07) is 0.316. The molecule has 4 nitrogen and oxygen atoms in total. The van der Waals surface area contributed by atoms with Crippen LogP contribution in [0.5, 0.6) is 0 Å². The van der Waals surface area contributed by atoms with Gasteiger partial charge in [-0.3, -0.25) is 0 Å². The standard InChI is InChI=1S/C12H23N3O/c1-5-11(12-14-6-8-15(12)4)13-7-9-16-10(2)3/h6,8,10-11,13H,5,7,9H2,1-4H3. The highest BCUT2D eigenvalue weighted by molar-refractivity contribution is 4.98. The van der Waals surface area contributed by atoms with E-state index in [1.165, 1.54) is 0 Å². The summed E-state index contributed by atoms with van der Waals surface area (Å²) in [5, 5.41) is 3.46. The first-order valence-electron chi connectivity index (χ1n) is 5.97. The first kappa shape index (κ1) is 13.2. The topological polar surface area (TPSA) is 39.1 Å². The maximum Gasteiger partial charge on any atom is 0.125 e. The normalized spacial score (nSPS) is 13.3. The van der Waals surface area contributed by atoms with Gasteiger partial charge < -0.3 is 14.6 Å². The minimum atomic E-state index is 0.301. The zero-order valence-electron chi connectivity index (χ0n) is 10.7. The molecule has 92 valence electrons. The molecule has 0 fully saturated rings. The van der Waals surface area contributed by atoms with E-state index in [0.717, 1.165) is 25.4 Å². The number of aryl methyl sites for hydroxylation is 1. The van der Waals surface area contributed by atoms with Crippen molar-refractivity contribution in [2.24, 2.45) is 7.05 Å². The highest BCUT2D eigenvalue weighted by Crippen LogP contribution is 2.12. The Morgan fingerprint density at radius 2 is 2.25 bits per heavy atom. The van der Waals surface area contributed by atoms with Crippen LogP contribution in [-0.2, 0) is 11.8 Å². The lowest BCUT2D eigenvalue weighted by Crippen LogP contribution is -2.27. The quantitative estimate of drug-likeness (QED) is 0.720. The van der Waals surface area contributed by atoms with Crippen LogP contribution in [-0.4, -0.2) is 28.8 Å². The molecule has 0 radical (unpaired) electrons. The minimum Gasteiger partial charge on any atom is -0.377 e. The lowest BCUT2D eigenvalue weighted by molar-refractivity contribution is 0.0790. The Kier molecular flexibility index (Phi) is 5.49. The Labute approximate surface area is 98.0 Å². The molecule has 1 N–H and O–H groups in total. The number of rotatable bonds is 7. The number of imidazole rings is 1. The molecule has 0 aromatic carbocycles. The molecule has 0 aliphatic carbocycles. The Morgan fingerprint density at radius 3 is 2.75 bits per heavy atom. The van der Waals surface area contributed by atoms with Crippen molar-refractivity contribution in [3.63, 3.8) is 0 Å². The summed E-state index contributed by atoms with van der Waals surface area (Å²) in [5.41, 5.74) is 0. The van der Waals surface area contributed by atoms with Crippen molar-refractivity contribution in [2.75, 3.05) is 13.2 Å². The fourth-order valence-electron chi connectivity index (χ4n) is 1.66. The number of aromatic nitrogens is 2. The lowest BCUT2D eigenvalue weighted by atomic mass is 10.2. The average molecular weight is 225 g/mol. The Hall–Kier alpha value is -0.870. The molecule has 0 spiro atoms. The molecule has 1 atom stereocenters. The highest BCUT2D eigenvalue weighted by Gasteiger charge is 2.12. The van der Waals surface area contributed by atoms with E-state index >= 15 is 0 Å². The second-order valence-electron chi connectivity index (χ2n) is 4.23. The predicted molar refractivity (Wildman–Crippen MR) is 65.3 cm³/mol. The van der Waals surface area contributed by atoms with Crippen molar-refractivity contribution in [1.29, 1.82) is 0 Å². The summed E-state index contributed by atoms with van der Waals surface area (Å²) in [4.78, 5) is 4.36. The minimum absolute atomic E-state index is 0.301. The molecule has 0 saturated heterocycles. The van der Waals surface area contributed by atoms with Crippen LogP contribution in [0.4, 0.5) is 0 Å². The molecule has 0 amide bonds. The molecule has 4 heteroatoms. The number of nitrogens with one attached hydrogen (secondary N) is 1. The first-order chi connectivity index (χ1) is 7.65. The van der Waals surface area contributed by atoms with Gasteiger partial charge in [-0.2, -0.15) is 0 Å². The molecule has 0 bridgehead atoms. The summed E-state index contributed by atoms with van der Waals surface area (Å²) >= 11 is 0. The van der Waals surface area contributed by atoms with Gasteiger partial charge in [-0.15, -0.1) is 0 Å². The second-order valence-corrected chi connectivity index (χ2v) is 4.23. The molecule has 1 unspecified atom stereocenters. The maximum atomic E-state index is 5.49. The summed E-state index contributed by atoms with van der Waals surface area (Å²) < 4.78 is 7.55. The second kappa shape index (κ2) is 6.66. The molecule has 1 heterocycles. The van der Waals surface area contributed by atoms with E-state index in [1.54, 1.807) is 0 Å². The largest absolute Gasteiger partial charge is 0.377 e. The van der Waals surface area contributed by atoms with Crippen molar-refractivity contribution in [3.8, 4) is 0 Å². The third kappa shape index (κ3) is 3.94. The fraction of sp³-hybridized carbons (Fsp3) is 0.750. The molecular formula is C12H23N3O. The van der Waals surface area contributed by atoms with Gasteiger partial charge in [0, 0.05) is 26.0 Å². The molecule has 16 heavy (non-hydrogen) atoms. The summed E-state index contributed by atoms with van der Waals surface area (Å²) in [7, 11) is 2.03. The summed E-state index contributed by atoms with van der Waals surface area (Å²) in [6.45, 7) is 7.88. The van der Waals surface area contributed by atoms with Crippen molar-refractivity contribution in [2.45, 2.75) is 39.3 Å². The molecule has 0 aliphatic heterocycles. The van der Waals surface area contributed by atoms with Crippen LogP contribution in [0, 0.1) is 0 Å². The van der Waals surface area contributed by atoms with Crippen molar-refractivity contribution >= 4 is 0 Å². The van der Waals surface area contributed by atoms with Gasteiger partial charge in [-0.1, -0.05) is 6.92 Å². The molecular weight excluding hydrogens is 202 g/mol. The van der Waals surface area contributed by atoms with E-state index in [-0.39, 0.29) is 0 Å². The van der Waals surface area contributed by atoms with Gasteiger partial charge in [0.1, 0.15) is 5.82 Å². The number of nitrogens with zero attached hydrogens (tertiary/aromatic N) is 2. The maximum absolute atomic E-state index is 5.49. The molecule has 1 aromatic rings. The van der Waals surface area contributed by atoms with Gasteiger partial charge in [0.25, 0.3) is 0 Å². The number of ether oxygens (including phenoxy) is 1. The highest BCUT2D eigenvalue weighted by atomic mass is 16.5. The zero-order chi connectivity index (χ0) is 12.0. The van der Waals surface area contributed by atoms with E-state index in [2.05, 4.69) is 35.6 Å². The summed E-state index contributed by atoms with van der Waals surface area (Å²) in [6.07, 6.45) is 5.15. The lowest BCUT2D eigenvalue weighted by Gasteiger charge is -2.17. The molecule has 0 aliphatic rings. The van der Waals surface area contributed by atoms with Crippen LogP contribution in [0.25, 0.3) is 0 Å². The van der Waals surface area contributed by atoms with E-state index in [0.29, 0.717) is 12.1 Å². The van der Waals surface area contributed by atoms with E-state index in [1.807, 2.05) is 19.4 Å². The van der Waals surface area contributed by atoms with Gasteiger partial charge >= 0.3 is 0 Å². The van der Waals surface area contributed by atoms with Crippen molar-refractivity contribution < 1.29 is 4.74 Å². The zero-order valence-corrected chi connectivity index (χ0v) is 10.7. The van der Waals surface area contributed by atoms with Crippen LogP contribution in [0.2, 0.25) is 0 Å². The van der Waals surface area contributed by atoms with Crippen molar-refractivity contribution in [1.82, 2.24) is 14.9 Å². The fourth-order valence-corrected chi connectivity index (χ4v) is 1.66. The van der Waals surface area contributed by atoms with Gasteiger partial charge in [0.15, 0.2) is 0 Å². The van der Waals surface area contributed by atoms with E-state index in [4.69, 9.17) is 4.74 Å². The third-order valence-corrected chi connectivity index (χ3v) is 2.52. The Balaban J connectivity index is 2.36. The van der Waals surface area contributed by atoms with Gasteiger partial charge in [-0.05, 0) is 20.3 Å². The van der Waals surface area contributed by atoms with Crippen molar-refractivity contribution in [3.05, 3.63) is 18.2 Å². The predicted octanol–water partition coefficient (Wildman–Crippen LogP) is 1.89. The monoisotopic (exact) mass is 225 g/mol. The number of hydrogen-bond acceptors (Lipinski definition) is 3. The van der Waals surface area contributed by atoms with Gasteiger partial charge in [0.05, 0.1) is 18.8 Å². The van der Waals surface area contributed by atoms with Crippen LogP contribution >= 0.6 is 0 Å². The molecule has 1 rings (SSSR count). The van der Waals surface area contributed by atoms with Crippen LogP contribution in [0.1, 0.15) is 39.1 Å². The number of hydrogen-bond donors (Lipinski definition) is 1. The Morgan fingerprint density at radius 1 is 1.50 bits per heavy atom. The smallest absolute Gasteiger partial charge is 0.125 e. The van der Waals surface area contributed by atoms with Crippen LogP contribution in [0.15, 0.2) is 12.4 Å². The van der Waals surface area contributed by atoms with E-state index < -0.39 is 0 Å². The third-order valence-electron chi connectivity index (χ3n) is 2.52. The first-order valence-corrected chi connectivity index (χ1v) is 5.97. The summed E-state index contributed by atoms with van der Waals surface area (Å²) in [5.74, 6) is 1.09. The molecule has 1 aromatic heterocycles. The van der Waals surface area contributed by atoms with Gasteiger partial charge in [0.2, 0.25) is 0 Å². The van der Waals surface area contributed by atoms with Crippen LogP contribution in [0.3, 0.4) is 0 Å². The Bertz CT molecular complexity index is 296. The molecule has 0 saturated carbocycles.